The second-order valence-corrected chi connectivity index (χ2v) is 5.24. The summed E-state index contributed by atoms with van der Waals surface area (Å²) in [5, 5.41) is 8.68. The molecule has 0 saturated carbocycles. The third-order valence-corrected chi connectivity index (χ3v) is 3.42. The second kappa shape index (κ2) is 8.20. The van der Waals surface area contributed by atoms with E-state index in [1.54, 1.807) is 0 Å². The highest BCUT2D eigenvalue weighted by Crippen LogP contribution is 2.15. The smallest absolute Gasteiger partial charge is 0.320 e. The third-order valence-electron chi connectivity index (χ3n) is 3.42. The molecule has 0 radical (unpaired) electrons. The average molecular weight is 299 g/mol. The van der Waals surface area contributed by atoms with Crippen LogP contribution in [0.4, 0.5) is 0 Å². The molecule has 0 amide bonds. The normalized spacial score (nSPS) is 11.9. The van der Waals surface area contributed by atoms with Gasteiger partial charge in [0.25, 0.3) is 0 Å². The van der Waals surface area contributed by atoms with Crippen LogP contribution in [0.25, 0.3) is 0 Å². The number of carbonyl (C=O) groups is 1. The van der Waals surface area contributed by atoms with Gasteiger partial charge in [0.05, 0.1) is 6.61 Å². The van der Waals surface area contributed by atoms with Gasteiger partial charge in [0.2, 0.25) is 0 Å². The number of benzene rings is 2. The van der Waals surface area contributed by atoms with Gasteiger partial charge in [-0.3, -0.25) is 4.79 Å². The van der Waals surface area contributed by atoms with Gasteiger partial charge in [-0.25, -0.2) is 0 Å². The Morgan fingerprint density at radius 3 is 2.32 bits per heavy atom. The standard InChI is InChI=1S/C18H21NO3/c19-17(18(20)21)7-4-12-22-16-10-8-15(9-11-16)13-14-5-2-1-3-6-14/h1-3,5-6,8-11,17H,4,7,12-13,19H2,(H,20,21)/t17-/m0/s1. The molecule has 3 N–H and O–H groups in total. The fourth-order valence-corrected chi connectivity index (χ4v) is 2.15. The molecule has 2 aromatic carbocycles. The summed E-state index contributed by atoms with van der Waals surface area (Å²) in [6.07, 6.45) is 1.94. The summed E-state index contributed by atoms with van der Waals surface area (Å²) in [6, 6.07) is 17.5. The number of carboxylic acid groups (broad SMARTS) is 1. The lowest BCUT2D eigenvalue weighted by Gasteiger charge is -2.09. The predicted octanol–water partition coefficient (Wildman–Crippen LogP) is 2.85. The molecule has 0 aromatic heterocycles. The Morgan fingerprint density at radius 2 is 1.68 bits per heavy atom. The Balaban J connectivity index is 1.76. The minimum atomic E-state index is -0.967. The van der Waals surface area contributed by atoms with Gasteiger partial charge in [0.1, 0.15) is 11.8 Å². The van der Waals surface area contributed by atoms with E-state index in [9.17, 15) is 4.79 Å². The van der Waals surface area contributed by atoms with E-state index < -0.39 is 12.0 Å². The lowest BCUT2D eigenvalue weighted by molar-refractivity contribution is -0.138. The maximum atomic E-state index is 10.6. The fourth-order valence-electron chi connectivity index (χ4n) is 2.15. The van der Waals surface area contributed by atoms with Crippen molar-refractivity contribution in [3.8, 4) is 5.75 Å². The number of rotatable bonds is 8. The summed E-state index contributed by atoms with van der Waals surface area (Å²) in [7, 11) is 0. The van der Waals surface area contributed by atoms with E-state index >= 15 is 0 Å². The summed E-state index contributed by atoms with van der Waals surface area (Å²) in [6.45, 7) is 0.471. The van der Waals surface area contributed by atoms with Gasteiger partial charge in [-0.15, -0.1) is 0 Å². The fraction of sp³-hybridized carbons (Fsp3) is 0.278. The van der Waals surface area contributed by atoms with Crippen LogP contribution in [0, 0.1) is 0 Å². The summed E-state index contributed by atoms with van der Waals surface area (Å²) in [4.78, 5) is 10.6. The molecule has 116 valence electrons. The average Bonchev–Trinajstić information content (AvgIpc) is 2.53. The van der Waals surface area contributed by atoms with Gasteiger partial charge in [-0.2, -0.15) is 0 Å². The van der Waals surface area contributed by atoms with E-state index in [-0.39, 0.29) is 0 Å². The van der Waals surface area contributed by atoms with Gasteiger partial charge in [0, 0.05) is 0 Å². The number of carboxylic acids is 1. The molecule has 0 bridgehead atoms. The molecule has 4 nitrogen and oxygen atoms in total. The number of nitrogens with two attached hydrogens (primary N) is 1. The Hall–Kier alpha value is -2.33. The largest absolute Gasteiger partial charge is 0.494 e. The lowest BCUT2D eigenvalue weighted by atomic mass is 10.1. The van der Waals surface area contributed by atoms with Gasteiger partial charge < -0.3 is 15.6 Å². The zero-order valence-corrected chi connectivity index (χ0v) is 12.4. The molecule has 4 heteroatoms. The van der Waals surface area contributed by atoms with Gasteiger partial charge >= 0.3 is 5.97 Å². The molecular weight excluding hydrogens is 278 g/mol. The molecule has 2 aromatic rings. The van der Waals surface area contributed by atoms with Gasteiger partial charge in [-0.05, 0) is 42.5 Å². The van der Waals surface area contributed by atoms with Crippen molar-refractivity contribution >= 4 is 5.97 Å². The van der Waals surface area contributed by atoms with Crippen molar-refractivity contribution in [2.45, 2.75) is 25.3 Å². The Morgan fingerprint density at radius 1 is 1.05 bits per heavy atom. The van der Waals surface area contributed by atoms with Crippen LogP contribution in [0.2, 0.25) is 0 Å². The minimum absolute atomic E-state index is 0.418. The molecule has 0 aliphatic carbocycles. The highest BCUT2D eigenvalue weighted by Gasteiger charge is 2.10. The Labute approximate surface area is 130 Å². The predicted molar refractivity (Wildman–Crippen MR) is 86.0 cm³/mol. The second-order valence-electron chi connectivity index (χ2n) is 5.24. The van der Waals surface area contributed by atoms with E-state index in [0.717, 1.165) is 12.2 Å². The number of hydrogen-bond donors (Lipinski definition) is 2. The molecule has 1 atom stereocenters. The molecule has 0 unspecified atom stereocenters. The van der Waals surface area contributed by atoms with Crippen molar-refractivity contribution in [3.05, 3.63) is 65.7 Å². The molecule has 0 fully saturated rings. The van der Waals surface area contributed by atoms with E-state index in [2.05, 4.69) is 12.1 Å². The summed E-state index contributed by atoms with van der Waals surface area (Å²) in [5.74, 6) is -0.175. The van der Waals surface area contributed by atoms with Gasteiger partial charge in [-0.1, -0.05) is 42.5 Å². The van der Waals surface area contributed by atoms with Crippen LogP contribution in [-0.2, 0) is 11.2 Å². The lowest BCUT2D eigenvalue weighted by Crippen LogP contribution is -2.30. The van der Waals surface area contributed by atoms with Crippen LogP contribution in [0.1, 0.15) is 24.0 Å². The third kappa shape index (κ3) is 5.22. The van der Waals surface area contributed by atoms with Gasteiger partial charge in [0.15, 0.2) is 0 Å². The SMILES string of the molecule is N[C@@H](CCCOc1ccc(Cc2ccccc2)cc1)C(=O)O. The zero-order valence-electron chi connectivity index (χ0n) is 12.4. The number of aliphatic carboxylic acids is 1. The van der Waals surface area contributed by atoms with Crippen LogP contribution in [-0.4, -0.2) is 23.7 Å². The first-order chi connectivity index (χ1) is 10.6. The van der Waals surface area contributed by atoms with E-state index in [0.29, 0.717) is 19.4 Å². The van der Waals surface area contributed by atoms with Crippen LogP contribution in [0.3, 0.4) is 0 Å². The van der Waals surface area contributed by atoms with Crippen molar-refractivity contribution in [1.29, 1.82) is 0 Å². The molecule has 0 aliphatic heterocycles. The first kappa shape index (κ1) is 16.0. The molecular formula is C18H21NO3. The summed E-state index contributed by atoms with van der Waals surface area (Å²) < 4.78 is 5.59. The van der Waals surface area contributed by atoms with Crippen molar-refractivity contribution < 1.29 is 14.6 Å². The van der Waals surface area contributed by atoms with Crippen molar-refractivity contribution in [1.82, 2.24) is 0 Å². The first-order valence-electron chi connectivity index (χ1n) is 7.39. The highest BCUT2D eigenvalue weighted by atomic mass is 16.5. The molecule has 0 saturated heterocycles. The van der Waals surface area contributed by atoms with Crippen LogP contribution >= 0.6 is 0 Å². The number of ether oxygens (including phenoxy) is 1. The van der Waals surface area contributed by atoms with E-state index in [1.807, 2.05) is 42.5 Å². The maximum absolute atomic E-state index is 10.6. The molecule has 22 heavy (non-hydrogen) atoms. The van der Waals surface area contributed by atoms with Crippen molar-refractivity contribution in [3.63, 3.8) is 0 Å². The quantitative estimate of drug-likeness (QED) is 0.735. The molecule has 2 rings (SSSR count). The Bertz CT molecular complexity index is 581. The minimum Gasteiger partial charge on any atom is -0.494 e. The molecule has 0 heterocycles. The zero-order chi connectivity index (χ0) is 15.8. The summed E-state index contributed by atoms with van der Waals surface area (Å²) >= 11 is 0. The van der Waals surface area contributed by atoms with Crippen LogP contribution < -0.4 is 10.5 Å². The highest BCUT2D eigenvalue weighted by molar-refractivity contribution is 5.72. The topological polar surface area (TPSA) is 72.5 Å². The van der Waals surface area contributed by atoms with Crippen LogP contribution in [0.15, 0.2) is 54.6 Å². The molecule has 0 spiro atoms. The van der Waals surface area contributed by atoms with Crippen molar-refractivity contribution in [2.24, 2.45) is 5.73 Å². The van der Waals surface area contributed by atoms with E-state index in [1.165, 1.54) is 11.1 Å². The number of hydrogen-bond acceptors (Lipinski definition) is 3. The van der Waals surface area contributed by atoms with Crippen molar-refractivity contribution in [2.75, 3.05) is 6.61 Å². The monoisotopic (exact) mass is 299 g/mol. The summed E-state index contributed by atoms with van der Waals surface area (Å²) in [5.41, 5.74) is 7.94. The Kier molecular flexibility index (Phi) is 5.98. The maximum Gasteiger partial charge on any atom is 0.320 e. The van der Waals surface area contributed by atoms with Crippen LogP contribution in [0.5, 0.6) is 5.75 Å². The first-order valence-corrected chi connectivity index (χ1v) is 7.39. The van der Waals surface area contributed by atoms with E-state index in [4.69, 9.17) is 15.6 Å². The molecule has 0 aliphatic rings.